The number of furan rings is 1. The fraction of sp³-hybridized carbons (Fsp3) is 0.259. The van der Waals surface area contributed by atoms with Crippen LogP contribution in [-0.2, 0) is 29.0 Å². The Labute approximate surface area is 196 Å². The van der Waals surface area contributed by atoms with Crippen LogP contribution in [0.25, 0.3) is 5.76 Å². The van der Waals surface area contributed by atoms with E-state index in [1.807, 2.05) is 12.1 Å². The molecule has 7 heteroatoms. The van der Waals surface area contributed by atoms with Gasteiger partial charge in [0.05, 0.1) is 31.5 Å². The molecule has 0 bridgehead atoms. The van der Waals surface area contributed by atoms with Gasteiger partial charge in [0, 0.05) is 5.56 Å². The topological polar surface area (TPSA) is 100 Å². The van der Waals surface area contributed by atoms with Gasteiger partial charge in [0.1, 0.15) is 11.5 Å². The van der Waals surface area contributed by atoms with E-state index < -0.39 is 17.7 Å². The van der Waals surface area contributed by atoms with Crippen molar-refractivity contribution < 1.29 is 29.0 Å². The van der Waals surface area contributed by atoms with Crippen LogP contribution in [0.1, 0.15) is 46.9 Å². The van der Waals surface area contributed by atoms with Gasteiger partial charge in [-0.1, -0.05) is 18.2 Å². The van der Waals surface area contributed by atoms with Gasteiger partial charge in [0.25, 0.3) is 11.7 Å². The lowest BCUT2D eigenvalue weighted by Gasteiger charge is -2.25. The molecule has 1 fully saturated rings. The number of carbonyl (C=O) groups is 2. The molecule has 1 unspecified atom stereocenters. The van der Waals surface area contributed by atoms with E-state index in [-0.39, 0.29) is 29.4 Å². The number of amides is 1. The maximum Gasteiger partial charge on any atom is 0.296 e. The average molecular weight is 459 g/mol. The number of phenols is 1. The lowest BCUT2D eigenvalue weighted by molar-refractivity contribution is -0.140. The quantitative estimate of drug-likeness (QED) is 0.331. The number of phenolic OH excluding ortho intramolecular Hbond substituents is 1. The Morgan fingerprint density at radius 2 is 1.88 bits per heavy atom. The van der Waals surface area contributed by atoms with Crippen molar-refractivity contribution >= 4 is 17.4 Å². The highest BCUT2D eigenvalue weighted by Crippen LogP contribution is 2.42. The zero-order valence-electron chi connectivity index (χ0n) is 18.8. The number of nitrogens with zero attached hydrogens (tertiary/aromatic N) is 1. The van der Waals surface area contributed by atoms with Crippen molar-refractivity contribution in [3.63, 3.8) is 0 Å². The highest BCUT2D eigenvalue weighted by molar-refractivity contribution is 6.46. The van der Waals surface area contributed by atoms with Crippen LogP contribution in [0.3, 0.4) is 0 Å². The highest BCUT2D eigenvalue weighted by atomic mass is 16.5. The standard InChI is InChI=1S/C27H25NO6/c1-33-22-11-10-18(14-21(22)29)24-23(26(31)27(32)28(24)15-20-7-4-12-34-20)25(30)19-9-8-16-5-2-3-6-17(16)13-19/h4,7-14,24,29-30H,2-3,5-6,15H2,1H3/b25-23-. The number of aromatic hydroxyl groups is 1. The molecule has 2 heterocycles. The summed E-state index contributed by atoms with van der Waals surface area (Å²) in [6, 6.07) is 12.9. The summed E-state index contributed by atoms with van der Waals surface area (Å²) in [6.07, 6.45) is 5.62. The molecule has 5 rings (SSSR count). The number of ketones is 1. The summed E-state index contributed by atoms with van der Waals surface area (Å²) in [5.74, 6) is -1.11. The Balaban J connectivity index is 1.65. The molecule has 1 saturated heterocycles. The van der Waals surface area contributed by atoms with Crippen molar-refractivity contribution in [2.75, 3.05) is 7.11 Å². The molecule has 1 atom stereocenters. The third kappa shape index (κ3) is 3.73. The second kappa shape index (κ2) is 8.74. The number of hydrogen-bond donors (Lipinski definition) is 2. The molecule has 0 radical (unpaired) electrons. The molecule has 2 aliphatic rings. The van der Waals surface area contributed by atoms with Gasteiger partial charge in [-0.15, -0.1) is 0 Å². The van der Waals surface area contributed by atoms with Crippen LogP contribution < -0.4 is 4.74 Å². The van der Waals surface area contributed by atoms with E-state index in [9.17, 15) is 19.8 Å². The second-order valence-corrected chi connectivity index (χ2v) is 8.63. The predicted octanol–water partition coefficient (Wildman–Crippen LogP) is 4.49. The minimum absolute atomic E-state index is 0.0168. The molecule has 1 aliphatic carbocycles. The van der Waals surface area contributed by atoms with Gasteiger partial charge in [-0.05, 0) is 72.7 Å². The molecule has 2 N–H and O–H groups in total. The molecule has 0 spiro atoms. The van der Waals surface area contributed by atoms with Gasteiger partial charge in [-0.3, -0.25) is 9.59 Å². The number of likely N-dealkylation sites (tertiary alicyclic amines) is 1. The zero-order chi connectivity index (χ0) is 23.8. The number of fused-ring (bicyclic) bond motifs is 1. The normalized spacial score (nSPS) is 19.3. The first-order valence-corrected chi connectivity index (χ1v) is 11.3. The van der Waals surface area contributed by atoms with Crippen molar-refractivity contribution in [3.05, 3.63) is 88.4 Å². The van der Waals surface area contributed by atoms with E-state index in [2.05, 4.69) is 0 Å². The molecule has 1 aliphatic heterocycles. The minimum atomic E-state index is -0.905. The van der Waals surface area contributed by atoms with Crippen molar-refractivity contribution in [3.8, 4) is 11.5 Å². The van der Waals surface area contributed by atoms with E-state index >= 15 is 0 Å². The first-order chi connectivity index (χ1) is 16.5. The lowest BCUT2D eigenvalue weighted by Crippen LogP contribution is -2.29. The SMILES string of the molecule is COc1ccc(C2/C(=C(/O)c3ccc4c(c3)CCCC4)C(=O)C(=O)N2Cc2ccco2)cc1O. The third-order valence-corrected chi connectivity index (χ3v) is 6.59. The Bertz CT molecular complexity index is 1290. The first kappa shape index (κ1) is 21.8. The van der Waals surface area contributed by atoms with E-state index in [1.165, 1.54) is 29.9 Å². The molecule has 1 amide bonds. The van der Waals surface area contributed by atoms with Crippen molar-refractivity contribution in [2.45, 2.75) is 38.3 Å². The second-order valence-electron chi connectivity index (χ2n) is 8.63. The van der Waals surface area contributed by atoms with Crippen LogP contribution in [0.5, 0.6) is 11.5 Å². The van der Waals surface area contributed by atoms with E-state index in [4.69, 9.17) is 9.15 Å². The van der Waals surface area contributed by atoms with Crippen molar-refractivity contribution in [1.82, 2.24) is 4.90 Å². The Hall–Kier alpha value is -4.00. The van der Waals surface area contributed by atoms with Gasteiger partial charge < -0.3 is 24.3 Å². The van der Waals surface area contributed by atoms with E-state index in [1.54, 1.807) is 30.3 Å². The summed E-state index contributed by atoms with van der Waals surface area (Å²) in [7, 11) is 1.44. The number of aliphatic hydroxyl groups excluding tert-OH is 1. The molecule has 174 valence electrons. The van der Waals surface area contributed by atoms with Crippen LogP contribution in [0, 0.1) is 0 Å². The Morgan fingerprint density at radius 1 is 1.09 bits per heavy atom. The maximum atomic E-state index is 13.2. The van der Waals surface area contributed by atoms with Crippen LogP contribution in [0.15, 0.2) is 64.8 Å². The number of ether oxygens (including phenoxy) is 1. The van der Waals surface area contributed by atoms with E-state index in [0.29, 0.717) is 16.9 Å². The van der Waals surface area contributed by atoms with Gasteiger partial charge >= 0.3 is 0 Å². The van der Waals surface area contributed by atoms with Gasteiger partial charge in [0.2, 0.25) is 0 Å². The van der Waals surface area contributed by atoms with Crippen LogP contribution in [0.4, 0.5) is 0 Å². The summed E-state index contributed by atoms with van der Waals surface area (Å²) in [4.78, 5) is 27.7. The summed E-state index contributed by atoms with van der Waals surface area (Å²) < 4.78 is 10.6. The zero-order valence-corrected chi connectivity index (χ0v) is 18.8. The smallest absolute Gasteiger partial charge is 0.296 e. The fourth-order valence-electron chi connectivity index (χ4n) is 4.87. The van der Waals surface area contributed by atoms with Crippen molar-refractivity contribution in [1.29, 1.82) is 0 Å². The molecule has 3 aromatic rings. The molecular weight excluding hydrogens is 434 g/mol. The van der Waals surface area contributed by atoms with Gasteiger partial charge in [-0.25, -0.2) is 0 Å². The number of aryl methyl sites for hydroxylation is 2. The third-order valence-electron chi connectivity index (χ3n) is 6.59. The summed E-state index contributed by atoms with van der Waals surface area (Å²) in [5.41, 5.74) is 3.36. The summed E-state index contributed by atoms with van der Waals surface area (Å²) in [5, 5.41) is 21.7. The monoisotopic (exact) mass is 459 g/mol. The lowest BCUT2D eigenvalue weighted by atomic mass is 9.88. The summed E-state index contributed by atoms with van der Waals surface area (Å²) >= 11 is 0. The van der Waals surface area contributed by atoms with Crippen molar-refractivity contribution in [2.24, 2.45) is 0 Å². The van der Waals surface area contributed by atoms with E-state index in [0.717, 1.165) is 31.2 Å². The van der Waals surface area contributed by atoms with Crippen LogP contribution >= 0.6 is 0 Å². The minimum Gasteiger partial charge on any atom is -0.507 e. The maximum absolute atomic E-state index is 13.2. The molecule has 34 heavy (non-hydrogen) atoms. The number of benzene rings is 2. The number of carbonyl (C=O) groups excluding carboxylic acids is 2. The van der Waals surface area contributed by atoms with Gasteiger partial charge in [-0.2, -0.15) is 0 Å². The number of Topliss-reactive ketones (excluding diaryl/α,β-unsaturated/α-hetero) is 1. The summed E-state index contributed by atoms with van der Waals surface area (Å²) in [6.45, 7) is 0.0377. The fourth-order valence-corrected chi connectivity index (χ4v) is 4.87. The number of aliphatic hydroxyl groups is 1. The average Bonchev–Trinajstić information content (AvgIpc) is 3.45. The largest absolute Gasteiger partial charge is 0.507 e. The molecule has 0 saturated carbocycles. The first-order valence-electron chi connectivity index (χ1n) is 11.3. The van der Waals surface area contributed by atoms with Crippen LogP contribution in [-0.4, -0.2) is 33.9 Å². The van der Waals surface area contributed by atoms with Crippen LogP contribution in [0.2, 0.25) is 0 Å². The van der Waals surface area contributed by atoms with Gasteiger partial charge in [0.15, 0.2) is 11.5 Å². The Morgan fingerprint density at radius 3 is 2.59 bits per heavy atom. The molecule has 2 aromatic carbocycles. The number of hydrogen-bond acceptors (Lipinski definition) is 6. The predicted molar refractivity (Wildman–Crippen MR) is 124 cm³/mol. The highest BCUT2D eigenvalue weighted by Gasteiger charge is 2.46. The molecular formula is C27H25NO6. The Kier molecular flexibility index (Phi) is 5.61. The number of rotatable bonds is 5. The molecule has 7 nitrogen and oxygen atoms in total. The number of methoxy groups -OCH3 is 1. The molecule has 1 aromatic heterocycles.